The van der Waals surface area contributed by atoms with Crippen LogP contribution in [0.25, 0.3) is 0 Å². The summed E-state index contributed by atoms with van der Waals surface area (Å²) in [5.41, 5.74) is 0. The Morgan fingerprint density at radius 3 is 3.18 bits per heavy atom. The second kappa shape index (κ2) is 7.17. The van der Waals surface area contributed by atoms with Gasteiger partial charge in [-0.05, 0) is 6.92 Å². The van der Waals surface area contributed by atoms with E-state index in [2.05, 4.69) is 20.2 Å². The zero-order valence-electron chi connectivity index (χ0n) is 12.3. The van der Waals surface area contributed by atoms with Crippen molar-refractivity contribution in [2.24, 2.45) is 0 Å². The third-order valence-corrected chi connectivity index (χ3v) is 5.16. The summed E-state index contributed by atoms with van der Waals surface area (Å²) in [5, 5.41) is 6.87. The van der Waals surface area contributed by atoms with Gasteiger partial charge in [-0.3, -0.25) is 4.79 Å². The first kappa shape index (κ1) is 15.4. The van der Waals surface area contributed by atoms with E-state index in [-0.39, 0.29) is 5.91 Å². The van der Waals surface area contributed by atoms with Gasteiger partial charge in [0.25, 0.3) is 5.91 Å². The molecular formula is C14H18N4O2S2. The quantitative estimate of drug-likeness (QED) is 0.894. The highest BCUT2D eigenvalue weighted by atomic mass is 32.1. The predicted octanol–water partition coefficient (Wildman–Crippen LogP) is 1.47. The lowest BCUT2D eigenvalue weighted by Gasteiger charge is -2.31. The van der Waals surface area contributed by atoms with Crippen molar-refractivity contribution in [1.82, 2.24) is 15.3 Å². The number of carbonyl (C=O) groups is 1. The van der Waals surface area contributed by atoms with Gasteiger partial charge in [-0.1, -0.05) is 0 Å². The lowest BCUT2D eigenvalue weighted by molar-refractivity contribution is -0.133. The minimum absolute atomic E-state index is 0.0606. The highest BCUT2D eigenvalue weighted by Gasteiger charge is 2.27. The number of aryl methyl sites for hydroxylation is 1. The van der Waals surface area contributed by atoms with E-state index in [9.17, 15) is 4.79 Å². The Morgan fingerprint density at radius 1 is 1.55 bits per heavy atom. The Morgan fingerprint density at radius 2 is 2.45 bits per heavy atom. The van der Waals surface area contributed by atoms with E-state index in [1.54, 1.807) is 28.9 Å². The number of hydrogen-bond donors (Lipinski definition) is 1. The van der Waals surface area contributed by atoms with Gasteiger partial charge in [0.15, 0.2) is 11.2 Å². The molecule has 1 unspecified atom stereocenters. The van der Waals surface area contributed by atoms with Crippen LogP contribution >= 0.6 is 22.7 Å². The molecule has 0 saturated carbocycles. The maximum Gasteiger partial charge on any atom is 0.251 e. The summed E-state index contributed by atoms with van der Waals surface area (Å²) in [7, 11) is 0. The first-order valence-corrected chi connectivity index (χ1v) is 8.87. The fraction of sp³-hybridized carbons (Fsp3) is 0.500. The average molecular weight is 338 g/mol. The van der Waals surface area contributed by atoms with Crippen molar-refractivity contribution in [1.29, 1.82) is 0 Å². The van der Waals surface area contributed by atoms with Crippen LogP contribution < -0.4 is 10.2 Å². The van der Waals surface area contributed by atoms with Gasteiger partial charge in [0.05, 0.1) is 18.2 Å². The van der Waals surface area contributed by atoms with E-state index in [0.717, 1.165) is 23.1 Å². The molecule has 0 spiro atoms. The summed E-state index contributed by atoms with van der Waals surface area (Å²) in [6, 6.07) is 0. The first-order chi connectivity index (χ1) is 10.7. The van der Waals surface area contributed by atoms with Crippen molar-refractivity contribution in [3.63, 3.8) is 0 Å². The molecule has 2 aromatic rings. The Kier molecular flexibility index (Phi) is 5.01. The lowest BCUT2D eigenvalue weighted by Crippen LogP contribution is -2.50. The van der Waals surface area contributed by atoms with Crippen molar-refractivity contribution >= 4 is 33.7 Å². The normalized spacial score (nSPS) is 18.4. The van der Waals surface area contributed by atoms with Crippen molar-refractivity contribution in [3.05, 3.63) is 27.7 Å². The molecule has 1 atom stereocenters. The summed E-state index contributed by atoms with van der Waals surface area (Å²) >= 11 is 3.25. The van der Waals surface area contributed by atoms with Crippen LogP contribution in [0, 0.1) is 6.92 Å². The molecule has 1 amide bonds. The molecule has 1 saturated heterocycles. The van der Waals surface area contributed by atoms with Crippen LogP contribution in [0.5, 0.6) is 0 Å². The molecule has 0 radical (unpaired) electrons. The van der Waals surface area contributed by atoms with E-state index < -0.39 is 6.10 Å². The van der Waals surface area contributed by atoms with Gasteiger partial charge >= 0.3 is 0 Å². The lowest BCUT2D eigenvalue weighted by atomic mass is 10.2. The number of thiazole rings is 2. The number of carbonyl (C=O) groups excluding carboxylic acids is 1. The SMILES string of the molecule is Cc1cnc(CCNC(=O)C2CN(c3nccs3)CCO2)s1. The summed E-state index contributed by atoms with van der Waals surface area (Å²) < 4.78 is 5.59. The molecule has 1 aliphatic rings. The molecule has 1 fully saturated rings. The minimum atomic E-state index is -0.435. The van der Waals surface area contributed by atoms with Gasteiger partial charge in [-0.25, -0.2) is 9.97 Å². The molecule has 0 aromatic carbocycles. The number of ether oxygens (including phenoxy) is 1. The van der Waals surface area contributed by atoms with Crippen molar-refractivity contribution in [2.45, 2.75) is 19.4 Å². The van der Waals surface area contributed by atoms with Gasteiger partial charge in [0, 0.05) is 42.2 Å². The highest BCUT2D eigenvalue weighted by molar-refractivity contribution is 7.13. The molecule has 8 heteroatoms. The zero-order chi connectivity index (χ0) is 15.4. The number of hydrogen-bond acceptors (Lipinski definition) is 7. The number of nitrogens with one attached hydrogen (secondary N) is 1. The Balaban J connectivity index is 1.47. The fourth-order valence-corrected chi connectivity index (χ4v) is 3.74. The molecule has 2 aromatic heterocycles. The van der Waals surface area contributed by atoms with E-state index in [1.165, 1.54) is 4.88 Å². The first-order valence-electron chi connectivity index (χ1n) is 7.17. The molecule has 6 nitrogen and oxygen atoms in total. The molecule has 22 heavy (non-hydrogen) atoms. The van der Waals surface area contributed by atoms with Crippen LogP contribution in [0.1, 0.15) is 9.88 Å². The molecule has 118 valence electrons. The molecule has 3 rings (SSSR count). The number of rotatable bonds is 5. The van der Waals surface area contributed by atoms with Crippen molar-refractivity contribution < 1.29 is 9.53 Å². The summed E-state index contributed by atoms with van der Waals surface area (Å²) in [6.07, 6.45) is 3.96. The van der Waals surface area contributed by atoms with Crippen LogP contribution in [-0.4, -0.2) is 48.2 Å². The van der Waals surface area contributed by atoms with Gasteiger partial charge in [0.2, 0.25) is 0 Å². The van der Waals surface area contributed by atoms with E-state index >= 15 is 0 Å². The molecule has 1 aliphatic heterocycles. The topological polar surface area (TPSA) is 67.4 Å². The predicted molar refractivity (Wildman–Crippen MR) is 87.6 cm³/mol. The van der Waals surface area contributed by atoms with Crippen LogP contribution in [-0.2, 0) is 16.0 Å². The maximum absolute atomic E-state index is 12.2. The number of amides is 1. The molecule has 0 aliphatic carbocycles. The third kappa shape index (κ3) is 3.82. The monoisotopic (exact) mass is 338 g/mol. The molecule has 1 N–H and O–H groups in total. The van der Waals surface area contributed by atoms with Gasteiger partial charge in [-0.2, -0.15) is 0 Å². The zero-order valence-corrected chi connectivity index (χ0v) is 14.0. The minimum Gasteiger partial charge on any atom is -0.365 e. The Bertz CT molecular complexity index is 614. The average Bonchev–Trinajstić information content (AvgIpc) is 3.19. The van der Waals surface area contributed by atoms with Crippen LogP contribution in [0.2, 0.25) is 0 Å². The molecule has 3 heterocycles. The Labute approximate surface area is 137 Å². The van der Waals surface area contributed by atoms with Crippen molar-refractivity contribution in [3.8, 4) is 0 Å². The summed E-state index contributed by atoms with van der Waals surface area (Å²) in [4.78, 5) is 24.1. The number of aromatic nitrogens is 2. The highest BCUT2D eigenvalue weighted by Crippen LogP contribution is 2.20. The van der Waals surface area contributed by atoms with E-state index in [1.807, 2.05) is 18.5 Å². The van der Waals surface area contributed by atoms with E-state index in [0.29, 0.717) is 19.7 Å². The summed E-state index contributed by atoms with van der Waals surface area (Å²) in [6.45, 7) is 4.49. The molecule has 0 bridgehead atoms. The Hall–Kier alpha value is -1.51. The van der Waals surface area contributed by atoms with Gasteiger partial charge < -0.3 is 15.0 Å². The second-order valence-corrected chi connectivity index (χ2v) is 7.22. The molecular weight excluding hydrogens is 320 g/mol. The van der Waals surface area contributed by atoms with Crippen LogP contribution in [0.3, 0.4) is 0 Å². The van der Waals surface area contributed by atoms with E-state index in [4.69, 9.17) is 4.74 Å². The van der Waals surface area contributed by atoms with Crippen LogP contribution in [0.15, 0.2) is 17.8 Å². The summed E-state index contributed by atoms with van der Waals surface area (Å²) in [5.74, 6) is -0.0606. The van der Waals surface area contributed by atoms with Crippen molar-refractivity contribution in [2.75, 3.05) is 31.1 Å². The van der Waals surface area contributed by atoms with Gasteiger partial charge in [-0.15, -0.1) is 22.7 Å². The third-order valence-electron chi connectivity index (χ3n) is 3.36. The smallest absolute Gasteiger partial charge is 0.251 e. The van der Waals surface area contributed by atoms with Crippen LogP contribution in [0.4, 0.5) is 5.13 Å². The number of morpholine rings is 1. The largest absolute Gasteiger partial charge is 0.365 e. The second-order valence-electron chi connectivity index (χ2n) is 5.03. The standard InChI is InChI=1S/C14H18N4O2S2/c1-10-8-17-12(22-10)2-3-15-13(19)11-9-18(5-6-20-11)14-16-4-7-21-14/h4,7-8,11H,2-3,5-6,9H2,1H3,(H,15,19). The fourth-order valence-electron chi connectivity index (χ4n) is 2.28. The van der Waals surface area contributed by atoms with Gasteiger partial charge in [0.1, 0.15) is 0 Å². The number of anilines is 1. The maximum atomic E-state index is 12.2. The number of nitrogens with zero attached hydrogens (tertiary/aromatic N) is 3.